The summed E-state index contributed by atoms with van der Waals surface area (Å²) in [7, 11) is 0. The first-order valence-electron chi connectivity index (χ1n) is 6.94. The van der Waals surface area contributed by atoms with Crippen LogP contribution in [0, 0.1) is 9.49 Å². The molecule has 0 spiro atoms. The molecule has 0 aliphatic carbocycles. The molecule has 0 bridgehead atoms. The van der Waals surface area contributed by atoms with Crippen LogP contribution in [0.15, 0.2) is 48.5 Å². The molecule has 0 aromatic heterocycles. The van der Waals surface area contributed by atoms with Gasteiger partial charge in [-0.1, -0.05) is 32.0 Å². The van der Waals surface area contributed by atoms with E-state index in [0.717, 1.165) is 3.57 Å². The van der Waals surface area contributed by atoms with Crippen LogP contribution < -0.4 is 10.6 Å². The van der Waals surface area contributed by atoms with Gasteiger partial charge in [-0.2, -0.15) is 0 Å². The van der Waals surface area contributed by atoms with Gasteiger partial charge < -0.3 is 10.6 Å². The van der Waals surface area contributed by atoms with Crippen molar-refractivity contribution in [1.29, 1.82) is 0 Å². The van der Waals surface area contributed by atoms with Gasteiger partial charge in [-0.15, -0.1) is 0 Å². The van der Waals surface area contributed by atoms with E-state index in [0.29, 0.717) is 16.9 Å². The molecule has 0 aliphatic rings. The summed E-state index contributed by atoms with van der Waals surface area (Å²) < 4.78 is 0.891. The van der Waals surface area contributed by atoms with Gasteiger partial charge in [0.1, 0.15) is 0 Å². The molecule has 0 aliphatic heterocycles. The molecular weight excluding hydrogens is 391 g/mol. The van der Waals surface area contributed by atoms with Gasteiger partial charge >= 0.3 is 0 Å². The first-order chi connectivity index (χ1) is 10.5. The highest BCUT2D eigenvalue weighted by molar-refractivity contribution is 14.1. The number of rotatable bonds is 4. The number of carbonyl (C=O) groups is 2. The fraction of sp³-hybridized carbons (Fsp3) is 0.176. The van der Waals surface area contributed by atoms with Crippen LogP contribution in [-0.2, 0) is 4.79 Å². The van der Waals surface area contributed by atoms with E-state index in [2.05, 4.69) is 33.2 Å². The summed E-state index contributed by atoms with van der Waals surface area (Å²) in [5.41, 5.74) is 1.94. The molecule has 2 N–H and O–H groups in total. The molecule has 0 heterocycles. The first kappa shape index (κ1) is 16.5. The number of benzene rings is 2. The van der Waals surface area contributed by atoms with Gasteiger partial charge in [0.25, 0.3) is 5.91 Å². The van der Waals surface area contributed by atoms with Gasteiger partial charge in [0.05, 0.1) is 5.56 Å². The second-order valence-corrected chi connectivity index (χ2v) is 6.32. The van der Waals surface area contributed by atoms with E-state index in [1.54, 1.807) is 30.3 Å². The maximum Gasteiger partial charge on any atom is 0.256 e. The normalized spacial score (nSPS) is 10.4. The monoisotopic (exact) mass is 408 g/mol. The maximum atomic E-state index is 12.3. The Hall–Kier alpha value is -1.89. The summed E-state index contributed by atoms with van der Waals surface area (Å²) in [6.07, 6.45) is 0. The number of nitrogens with one attached hydrogen (secondary N) is 2. The third kappa shape index (κ3) is 4.30. The summed E-state index contributed by atoms with van der Waals surface area (Å²) in [4.78, 5) is 24.0. The van der Waals surface area contributed by atoms with Gasteiger partial charge in [0, 0.05) is 20.9 Å². The number of hydrogen-bond acceptors (Lipinski definition) is 2. The van der Waals surface area contributed by atoms with Crippen LogP contribution in [0.4, 0.5) is 11.4 Å². The van der Waals surface area contributed by atoms with Crippen molar-refractivity contribution in [2.45, 2.75) is 13.8 Å². The highest BCUT2D eigenvalue weighted by Gasteiger charge is 2.11. The molecule has 0 saturated carbocycles. The maximum absolute atomic E-state index is 12.3. The van der Waals surface area contributed by atoms with Gasteiger partial charge in [0.2, 0.25) is 5.91 Å². The molecule has 2 amide bonds. The van der Waals surface area contributed by atoms with Crippen LogP contribution in [0.2, 0.25) is 0 Å². The summed E-state index contributed by atoms with van der Waals surface area (Å²) in [6.45, 7) is 3.66. The third-order valence-corrected chi connectivity index (χ3v) is 3.97. The Balaban J connectivity index is 2.12. The standard InChI is InChI=1S/C17H17IN2O2/c1-11(2)16(21)19-12-6-5-7-13(10-12)20-17(22)14-8-3-4-9-15(14)18/h3-11H,1-2H3,(H,19,21)(H,20,22). The van der Waals surface area contributed by atoms with E-state index in [4.69, 9.17) is 0 Å². The van der Waals surface area contributed by atoms with Gasteiger partial charge in [0.15, 0.2) is 0 Å². The van der Waals surface area contributed by atoms with Crippen molar-refractivity contribution >= 4 is 45.8 Å². The van der Waals surface area contributed by atoms with E-state index >= 15 is 0 Å². The average molecular weight is 408 g/mol. The van der Waals surface area contributed by atoms with Gasteiger partial charge in [-0.3, -0.25) is 9.59 Å². The number of hydrogen-bond donors (Lipinski definition) is 2. The SMILES string of the molecule is CC(C)C(=O)Nc1cccc(NC(=O)c2ccccc2I)c1. The molecule has 0 unspecified atom stereocenters. The van der Waals surface area contributed by atoms with Crippen LogP contribution in [0.5, 0.6) is 0 Å². The molecule has 2 rings (SSSR count). The lowest BCUT2D eigenvalue weighted by Gasteiger charge is -2.10. The van der Waals surface area contributed by atoms with Crippen LogP contribution in [0.25, 0.3) is 0 Å². The first-order valence-corrected chi connectivity index (χ1v) is 8.02. The quantitative estimate of drug-likeness (QED) is 0.748. The minimum absolute atomic E-state index is 0.0546. The molecule has 2 aromatic rings. The third-order valence-electron chi connectivity index (χ3n) is 3.03. The van der Waals surface area contributed by atoms with E-state index in [1.165, 1.54) is 0 Å². The van der Waals surface area contributed by atoms with Gasteiger partial charge in [-0.05, 0) is 52.9 Å². The predicted octanol–water partition coefficient (Wildman–Crippen LogP) is 4.14. The second kappa shape index (κ2) is 7.40. The Bertz CT molecular complexity index is 699. The van der Waals surface area contributed by atoms with E-state index in [-0.39, 0.29) is 17.7 Å². The van der Waals surface area contributed by atoms with Crippen molar-refractivity contribution < 1.29 is 9.59 Å². The van der Waals surface area contributed by atoms with Crippen molar-refractivity contribution in [3.8, 4) is 0 Å². The summed E-state index contributed by atoms with van der Waals surface area (Å²) in [5.74, 6) is -0.317. The number of amides is 2. The zero-order chi connectivity index (χ0) is 16.1. The van der Waals surface area contributed by atoms with E-state index in [9.17, 15) is 9.59 Å². The molecule has 0 fully saturated rings. The Morgan fingerprint density at radius 1 is 0.955 bits per heavy atom. The number of halogens is 1. The highest BCUT2D eigenvalue weighted by Crippen LogP contribution is 2.18. The summed E-state index contributed by atoms with van der Waals surface area (Å²) >= 11 is 2.13. The predicted molar refractivity (Wildman–Crippen MR) is 97.0 cm³/mol. The zero-order valence-corrected chi connectivity index (χ0v) is 14.5. The van der Waals surface area contributed by atoms with E-state index in [1.807, 2.05) is 32.0 Å². The highest BCUT2D eigenvalue weighted by atomic mass is 127. The minimum atomic E-state index is -0.169. The molecule has 22 heavy (non-hydrogen) atoms. The fourth-order valence-corrected chi connectivity index (χ4v) is 2.44. The van der Waals surface area contributed by atoms with Crippen LogP contribution in [0.3, 0.4) is 0 Å². The molecular formula is C17H17IN2O2. The summed E-state index contributed by atoms with van der Waals surface area (Å²) in [6, 6.07) is 14.5. The lowest BCUT2D eigenvalue weighted by atomic mass is 10.2. The fourth-order valence-electron chi connectivity index (χ4n) is 1.81. The van der Waals surface area contributed by atoms with Crippen LogP contribution in [0.1, 0.15) is 24.2 Å². The van der Waals surface area contributed by atoms with Gasteiger partial charge in [-0.25, -0.2) is 0 Å². The van der Waals surface area contributed by atoms with Crippen LogP contribution >= 0.6 is 22.6 Å². The lowest BCUT2D eigenvalue weighted by molar-refractivity contribution is -0.118. The second-order valence-electron chi connectivity index (χ2n) is 5.16. The number of anilines is 2. The van der Waals surface area contributed by atoms with Crippen molar-refractivity contribution in [2.24, 2.45) is 5.92 Å². The Morgan fingerprint density at radius 2 is 1.59 bits per heavy atom. The van der Waals surface area contributed by atoms with Crippen molar-refractivity contribution in [3.63, 3.8) is 0 Å². The largest absolute Gasteiger partial charge is 0.326 e. The number of carbonyl (C=O) groups excluding carboxylic acids is 2. The molecule has 4 nitrogen and oxygen atoms in total. The molecule has 0 atom stereocenters. The minimum Gasteiger partial charge on any atom is -0.326 e. The molecule has 5 heteroatoms. The smallest absolute Gasteiger partial charge is 0.256 e. The molecule has 0 radical (unpaired) electrons. The molecule has 0 saturated heterocycles. The van der Waals surface area contributed by atoms with E-state index < -0.39 is 0 Å². The molecule has 2 aromatic carbocycles. The topological polar surface area (TPSA) is 58.2 Å². The zero-order valence-electron chi connectivity index (χ0n) is 12.4. The Morgan fingerprint density at radius 3 is 2.23 bits per heavy atom. The van der Waals surface area contributed by atoms with Crippen molar-refractivity contribution in [2.75, 3.05) is 10.6 Å². The van der Waals surface area contributed by atoms with Crippen molar-refractivity contribution in [1.82, 2.24) is 0 Å². The average Bonchev–Trinajstić information content (AvgIpc) is 2.47. The molecule has 114 valence electrons. The Kier molecular flexibility index (Phi) is 5.54. The van der Waals surface area contributed by atoms with Crippen LogP contribution in [-0.4, -0.2) is 11.8 Å². The summed E-state index contributed by atoms with van der Waals surface area (Å²) in [5, 5.41) is 5.66. The Labute approximate surface area is 143 Å². The van der Waals surface area contributed by atoms with Crippen molar-refractivity contribution in [3.05, 3.63) is 57.7 Å². The lowest BCUT2D eigenvalue weighted by Crippen LogP contribution is -2.18.